The third kappa shape index (κ3) is 4.17. The number of rotatable bonds is 5. The molecule has 4 rings (SSSR count). The van der Waals surface area contributed by atoms with E-state index in [4.69, 9.17) is 20.8 Å². The topological polar surface area (TPSA) is 67.6 Å². The lowest BCUT2D eigenvalue weighted by atomic mass is 9.93. The minimum absolute atomic E-state index is 0.00721. The molecule has 0 atom stereocenters. The number of amides is 1. The Kier molecular flexibility index (Phi) is 5.13. The lowest BCUT2D eigenvalue weighted by molar-refractivity contribution is 0.0778. The number of hydrogen-bond donors (Lipinski definition) is 1. The van der Waals surface area contributed by atoms with Crippen molar-refractivity contribution in [3.8, 4) is 5.75 Å². The Bertz CT molecular complexity index is 1060. The quantitative estimate of drug-likeness (QED) is 0.639. The molecule has 0 aliphatic carbocycles. The molecule has 6 nitrogen and oxygen atoms in total. The molecule has 1 N–H and O–H groups in total. The van der Waals surface area contributed by atoms with E-state index in [0.717, 1.165) is 25.1 Å². The van der Waals surface area contributed by atoms with E-state index < -0.39 is 0 Å². The van der Waals surface area contributed by atoms with Crippen LogP contribution in [0.2, 0.25) is 5.02 Å². The molecule has 1 aromatic heterocycles. The molecule has 29 heavy (non-hydrogen) atoms. The molecule has 7 heteroatoms. The molecule has 3 aromatic rings. The van der Waals surface area contributed by atoms with Crippen LogP contribution in [0.5, 0.6) is 5.75 Å². The third-order valence-corrected chi connectivity index (χ3v) is 5.46. The van der Waals surface area contributed by atoms with E-state index in [1.165, 1.54) is 0 Å². The first-order valence-corrected chi connectivity index (χ1v) is 9.99. The molecule has 1 aliphatic rings. The summed E-state index contributed by atoms with van der Waals surface area (Å²) in [5.74, 6) is 0.486. The van der Waals surface area contributed by atoms with Gasteiger partial charge in [-0.15, -0.1) is 0 Å². The normalized spacial score (nSPS) is 15.7. The number of halogens is 1. The number of benzene rings is 2. The van der Waals surface area contributed by atoms with Gasteiger partial charge in [0.1, 0.15) is 5.52 Å². The molecular weight excluding hydrogens is 390 g/mol. The predicted molar refractivity (Wildman–Crippen MR) is 114 cm³/mol. The van der Waals surface area contributed by atoms with Gasteiger partial charge in [-0.3, -0.25) is 4.79 Å². The zero-order valence-corrected chi connectivity index (χ0v) is 17.5. The van der Waals surface area contributed by atoms with Crippen LogP contribution < -0.4 is 10.1 Å². The zero-order chi connectivity index (χ0) is 20.6. The number of carbonyl (C=O) groups excluding carboxylic acids is 1. The molecule has 1 fully saturated rings. The van der Waals surface area contributed by atoms with Crippen LogP contribution in [0, 0.1) is 5.41 Å². The summed E-state index contributed by atoms with van der Waals surface area (Å²) in [5, 5.41) is 3.83. The van der Waals surface area contributed by atoms with E-state index in [0.29, 0.717) is 40.0 Å². The number of hydrogen-bond acceptors (Lipinski definition) is 5. The fraction of sp³-hybridized carbons (Fsp3) is 0.364. The Balaban J connectivity index is 1.58. The molecule has 1 aliphatic heterocycles. The van der Waals surface area contributed by atoms with Gasteiger partial charge in [0.05, 0.1) is 7.11 Å². The van der Waals surface area contributed by atoms with Crippen molar-refractivity contribution >= 4 is 34.6 Å². The van der Waals surface area contributed by atoms with E-state index in [1.807, 2.05) is 29.2 Å². The van der Waals surface area contributed by atoms with E-state index in [9.17, 15) is 4.79 Å². The molecule has 1 amide bonds. The van der Waals surface area contributed by atoms with Crippen molar-refractivity contribution in [2.24, 2.45) is 5.41 Å². The Morgan fingerprint density at radius 2 is 2.17 bits per heavy atom. The van der Waals surface area contributed by atoms with Gasteiger partial charge in [-0.05, 0) is 41.7 Å². The van der Waals surface area contributed by atoms with Crippen LogP contribution in [0.25, 0.3) is 11.1 Å². The lowest BCUT2D eigenvalue weighted by Crippen LogP contribution is -2.30. The van der Waals surface area contributed by atoms with Crippen LogP contribution in [0.1, 0.15) is 36.2 Å². The van der Waals surface area contributed by atoms with Gasteiger partial charge in [0, 0.05) is 30.2 Å². The largest absolute Gasteiger partial charge is 0.493 e. The van der Waals surface area contributed by atoms with Crippen LogP contribution in [0.4, 0.5) is 6.01 Å². The van der Waals surface area contributed by atoms with Crippen molar-refractivity contribution in [3.63, 3.8) is 0 Å². The number of carbonyl (C=O) groups is 1. The van der Waals surface area contributed by atoms with Crippen LogP contribution >= 0.6 is 11.6 Å². The summed E-state index contributed by atoms with van der Waals surface area (Å²) in [6.07, 6.45) is 1.000. The van der Waals surface area contributed by atoms with E-state index >= 15 is 0 Å². The van der Waals surface area contributed by atoms with Gasteiger partial charge >= 0.3 is 0 Å². The van der Waals surface area contributed by atoms with Crippen molar-refractivity contribution in [1.82, 2.24) is 9.88 Å². The first-order chi connectivity index (χ1) is 13.8. The van der Waals surface area contributed by atoms with Gasteiger partial charge in [0.25, 0.3) is 11.9 Å². The number of nitrogens with zero attached hydrogens (tertiary/aromatic N) is 2. The first-order valence-electron chi connectivity index (χ1n) is 9.61. The van der Waals surface area contributed by atoms with Crippen molar-refractivity contribution in [1.29, 1.82) is 0 Å². The third-order valence-electron chi connectivity index (χ3n) is 5.22. The van der Waals surface area contributed by atoms with E-state index in [-0.39, 0.29) is 11.3 Å². The standard InChI is InChI=1S/C22H24ClN3O3/c1-22(2)7-8-26(13-22)20(27)15-10-17-19(18(11-15)28-3)29-21(25-17)24-12-14-5-4-6-16(23)9-14/h4-6,9-11H,7-8,12-13H2,1-3H3,(H,24,25). The molecule has 2 aromatic carbocycles. The second kappa shape index (κ2) is 7.59. The van der Waals surface area contributed by atoms with Crippen LogP contribution in [-0.2, 0) is 6.54 Å². The molecule has 0 unspecified atom stereocenters. The Labute approximate surface area is 174 Å². The maximum atomic E-state index is 13.0. The summed E-state index contributed by atoms with van der Waals surface area (Å²) < 4.78 is 11.3. The average Bonchev–Trinajstić information content (AvgIpc) is 3.27. The molecule has 0 radical (unpaired) electrons. The lowest BCUT2D eigenvalue weighted by Gasteiger charge is -2.20. The number of anilines is 1. The van der Waals surface area contributed by atoms with Crippen molar-refractivity contribution in [2.45, 2.75) is 26.8 Å². The maximum Gasteiger partial charge on any atom is 0.296 e. The second-order valence-corrected chi connectivity index (χ2v) is 8.61. The molecule has 1 saturated heterocycles. The highest BCUT2D eigenvalue weighted by atomic mass is 35.5. The summed E-state index contributed by atoms with van der Waals surface area (Å²) in [6.45, 7) is 6.39. The predicted octanol–water partition coefficient (Wildman–Crippen LogP) is 4.97. The molecule has 0 saturated carbocycles. The van der Waals surface area contributed by atoms with Crippen LogP contribution in [-0.4, -0.2) is 36.0 Å². The molecule has 152 valence electrons. The van der Waals surface area contributed by atoms with Gasteiger partial charge in [0.2, 0.25) is 0 Å². The Hall–Kier alpha value is -2.73. The van der Waals surface area contributed by atoms with Gasteiger partial charge in [0.15, 0.2) is 11.3 Å². The fourth-order valence-electron chi connectivity index (χ4n) is 3.65. The Morgan fingerprint density at radius 3 is 2.86 bits per heavy atom. The molecular formula is C22H24ClN3O3. The average molecular weight is 414 g/mol. The van der Waals surface area contributed by atoms with Gasteiger partial charge < -0.3 is 19.4 Å². The van der Waals surface area contributed by atoms with Crippen molar-refractivity contribution in [3.05, 3.63) is 52.5 Å². The van der Waals surface area contributed by atoms with Crippen molar-refractivity contribution < 1.29 is 13.9 Å². The first kappa shape index (κ1) is 19.6. The second-order valence-electron chi connectivity index (χ2n) is 8.17. The summed E-state index contributed by atoms with van der Waals surface area (Å²) in [6, 6.07) is 11.4. The van der Waals surface area contributed by atoms with E-state index in [2.05, 4.69) is 24.1 Å². The highest BCUT2D eigenvalue weighted by molar-refractivity contribution is 6.30. The summed E-state index contributed by atoms with van der Waals surface area (Å²) in [5.41, 5.74) is 2.81. The number of oxazole rings is 1. The molecule has 2 heterocycles. The number of aromatic nitrogens is 1. The minimum atomic E-state index is -0.00721. The van der Waals surface area contributed by atoms with E-state index in [1.54, 1.807) is 19.2 Å². The molecule has 0 bridgehead atoms. The van der Waals surface area contributed by atoms with Gasteiger partial charge in [-0.25, -0.2) is 0 Å². The number of ether oxygens (including phenoxy) is 1. The smallest absolute Gasteiger partial charge is 0.296 e. The highest BCUT2D eigenvalue weighted by Crippen LogP contribution is 2.33. The minimum Gasteiger partial charge on any atom is -0.493 e. The van der Waals surface area contributed by atoms with Crippen LogP contribution in [0.3, 0.4) is 0 Å². The highest BCUT2D eigenvalue weighted by Gasteiger charge is 2.33. The van der Waals surface area contributed by atoms with Crippen molar-refractivity contribution in [2.75, 3.05) is 25.5 Å². The Morgan fingerprint density at radius 1 is 1.34 bits per heavy atom. The maximum absolute atomic E-state index is 13.0. The SMILES string of the molecule is COc1cc(C(=O)N2CCC(C)(C)C2)cc2nc(NCc3cccc(Cl)c3)oc12. The van der Waals surface area contributed by atoms with Crippen LogP contribution in [0.15, 0.2) is 40.8 Å². The fourth-order valence-corrected chi connectivity index (χ4v) is 3.86. The summed E-state index contributed by atoms with van der Waals surface area (Å²) in [4.78, 5) is 19.4. The number of nitrogens with one attached hydrogen (secondary N) is 1. The number of fused-ring (bicyclic) bond motifs is 1. The zero-order valence-electron chi connectivity index (χ0n) is 16.8. The van der Waals surface area contributed by atoms with Gasteiger partial charge in [-0.2, -0.15) is 4.98 Å². The number of methoxy groups -OCH3 is 1. The van der Waals surface area contributed by atoms with Gasteiger partial charge in [-0.1, -0.05) is 37.6 Å². The number of likely N-dealkylation sites (tertiary alicyclic amines) is 1. The monoisotopic (exact) mass is 413 g/mol. The molecule has 0 spiro atoms. The summed E-state index contributed by atoms with van der Waals surface area (Å²) >= 11 is 6.03. The summed E-state index contributed by atoms with van der Waals surface area (Å²) in [7, 11) is 1.56.